The summed E-state index contributed by atoms with van der Waals surface area (Å²) in [4.78, 5) is 22.4. The largest absolute Gasteiger partial charge is 0.466 e. The van der Waals surface area contributed by atoms with Gasteiger partial charge in [-0.1, -0.05) is 0 Å². The van der Waals surface area contributed by atoms with E-state index in [1.54, 1.807) is 6.92 Å². The van der Waals surface area contributed by atoms with Gasteiger partial charge in [-0.15, -0.1) is 0 Å². The van der Waals surface area contributed by atoms with Crippen molar-refractivity contribution in [2.24, 2.45) is 5.73 Å². The highest BCUT2D eigenvalue weighted by molar-refractivity contribution is 5.86. The van der Waals surface area contributed by atoms with E-state index in [-0.39, 0.29) is 11.9 Å². The first kappa shape index (κ1) is 14.1. The lowest BCUT2D eigenvalue weighted by Crippen LogP contribution is -2.47. The predicted octanol–water partition coefficient (Wildman–Crippen LogP) is 1.13. The zero-order chi connectivity index (χ0) is 13.9. The first-order chi connectivity index (χ1) is 8.31. The van der Waals surface area contributed by atoms with Gasteiger partial charge in [0.15, 0.2) is 0 Å². The molecular weight excluding hydrogens is 234 g/mol. The van der Waals surface area contributed by atoms with Gasteiger partial charge >= 0.3 is 6.03 Å². The van der Waals surface area contributed by atoms with Crippen LogP contribution < -0.4 is 16.4 Å². The number of nitrogens with two attached hydrogens (primary N) is 1. The predicted molar refractivity (Wildman–Crippen MR) is 66.9 cm³/mol. The van der Waals surface area contributed by atoms with Crippen molar-refractivity contribution in [2.75, 3.05) is 0 Å². The Bertz CT molecular complexity index is 453. The molecule has 1 aromatic heterocycles. The molecule has 6 heteroatoms. The maximum absolute atomic E-state index is 11.8. The Hall–Kier alpha value is -1.98. The van der Waals surface area contributed by atoms with Gasteiger partial charge in [0, 0.05) is 5.56 Å². The molecule has 0 saturated heterocycles. The Morgan fingerprint density at radius 2 is 1.89 bits per heavy atom. The Morgan fingerprint density at radius 1 is 1.28 bits per heavy atom. The fourth-order valence-electron chi connectivity index (χ4n) is 1.78. The molecule has 1 rings (SSSR count). The molecule has 0 aromatic carbocycles. The van der Waals surface area contributed by atoms with Crippen LogP contribution in [-0.2, 0) is 4.79 Å². The van der Waals surface area contributed by atoms with E-state index in [1.165, 1.54) is 0 Å². The number of nitrogens with one attached hydrogen (secondary N) is 2. The monoisotopic (exact) mass is 253 g/mol. The summed E-state index contributed by atoms with van der Waals surface area (Å²) in [5.74, 6) is 1.28. The van der Waals surface area contributed by atoms with Crippen molar-refractivity contribution < 1.29 is 14.0 Å². The van der Waals surface area contributed by atoms with Crippen LogP contribution in [0, 0.1) is 13.8 Å². The third kappa shape index (κ3) is 3.51. The van der Waals surface area contributed by atoms with Gasteiger partial charge in [0.05, 0.1) is 6.04 Å². The third-order valence-corrected chi connectivity index (χ3v) is 2.66. The SMILES string of the molecule is Cc1cc(C(C)NC(=O)C(C)NC(N)=O)c(C)o1. The number of rotatable bonds is 4. The molecule has 4 N–H and O–H groups in total. The van der Waals surface area contributed by atoms with Gasteiger partial charge in [0.2, 0.25) is 5.91 Å². The highest BCUT2D eigenvalue weighted by Crippen LogP contribution is 2.21. The van der Waals surface area contributed by atoms with E-state index in [2.05, 4.69) is 10.6 Å². The second-order valence-electron chi connectivity index (χ2n) is 4.33. The van der Waals surface area contributed by atoms with Crippen LogP contribution in [0.2, 0.25) is 0 Å². The number of urea groups is 1. The molecule has 1 aromatic rings. The van der Waals surface area contributed by atoms with Crippen LogP contribution in [-0.4, -0.2) is 18.0 Å². The number of hydrogen-bond acceptors (Lipinski definition) is 3. The molecule has 0 fully saturated rings. The highest BCUT2D eigenvalue weighted by Gasteiger charge is 2.19. The molecule has 18 heavy (non-hydrogen) atoms. The van der Waals surface area contributed by atoms with E-state index < -0.39 is 12.1 Å². The van der Waals surface area contributed by atoms with E-state index in [0.717, 1.165) is 17.1 Å². The molecule has 0 spiro atoms. The van der Waals surface area contributed by atoms with E-state index >= 15 is 0 Å². The van der Waals surface area contributed by atoms with Crippen LogP contribution in [0.5, 0.6) is 0 Å². The molecule has 2 atom stereocenters. The minimum Gasteiger partial charge on any atom is -0.466 e. The Balaban J connectivity index is 2.64. The number of furan rings is 1. The third-order valence-electron chi connectivity index (χ3n) is 2.66. The van der Waals surface area contributed by atoms with Crippen molar-refractivity contribution in [3.63, 3.8) is 0 Å². The molecule has 1 heterocycles. The first-order valence-electron chi connectivity index (χ1n) is 5.74. The molecule has 100 valence electrons. The van der Waals surface area contributed by atoms with Gasteiger partial charge in [-0.05, 0) is 33.8 Å². The lowest BCUT2D eigenvalue weighted by atomic mass is 10.1. The Labute approximate surface area is 106 Å². The number of amides is 3. The standard InChI is InChI=1S/C12H19N3O3/c1-6-5-10(9(4)18-6)7(2)14-11(16)8(3)15-12(13)17/h5,7-8H,1-4H3,(H,14,16)(H3,13,15,17). The average molecular weight is 253 g/mol. The molecule has 0 aliphatic heterocycles. The summed E-state index contributed by atoms with van der Waals surface area (Å²) in [6.07, 6.45) is 0. The van der Waals surface area contributed by atoms with Crippen LogP contribution in [0.15, 0.2) is 10.5 Å². The van der Waals surface area contributed by atoms with Crippen LogP contribution in [0.25, 0.3) is 0 Å². The number of hydrogen-bond donors (Lipinski definition) is 3. The van der Waals surface area contributed by atoms with Gasteiger partial charge in [0.25, 0.3) is 0 Å². The van der Waals surface area contributed by atoms with Crippen molar-refractivity contribution >= 4 is 11.9 Å². The van der Waals surface area contributed by atoms with Gasteiger partial charge in [0.1, 0.15) is 17.6 Å². The van der Waals surface area contributed by atoms with Crippen molar-refractivity contribution in [3.05, 3.63) is 23.2 Å². The van der Waals surface area contributed by atoms with Crippen LogP contribution in [0.3, 0.4) is 0 Å². The summed E-state index contributed by atoms with van der Waals surface area (Å²) in [5.41, 5.74) is 5.88. The first-order valence-corrected chi connectivity index (χ1v) is 5.74. The molecule has 0 radical (unpaired) electrons. The smallest absolute Gasteiger partial charge is 0.312 e. The summed E-state index contributed by atoms with van der Waals surface area (Å²) < 4.78 is 5.40. The lowest BCUT2D eigenvalue weighted by Gasteiger charge is -2.17. The maximum Gasteiger partial charge on any atom is 0.312 e. The van der Waals surface area contributed by atoms with Crippen molar-refractivity contribution in [1.29, 1.82) is 0 Å². The molecule has 0 aliphatic carbocycles. The number of carbonyl (C=O) groups excluding carboxylic acids is 2. The molecule has 0 aliphatic rings. The fourth-order valence-corrected chi connectivity index (χ4v) is 1.78. The van der Waals surface area contributed by atoms with Gasteiger partial charge in [-0.2, -0.15) is 0 Å². The van der Waals surface area contributed by atoms with Crippen LogP contribution >= 0.6 is 0 Å². The summed E-state index contributed by atoms with van der Waals surface area (Å²) in [5, 5.41) is 5.11. The minimum atomic E-state index is -0.722. The van der Waals surface area contributed by atoms with E-state index in [1.807, 2.05) is 26.8 Å². The molecular formula is C12H19N3O3. The minimum absolute atomic E-state index is 0.188. The fraction of sp³-hybridized carbons (Fsp3) is 0.500. The second kappa shape index (κ2) is 5.57. The second-order valence-corrected chi connectivity index (χ2v) is 4.33. The van der Waals surface area contributed by atoms with Crippen molar-refractivity contribution in [3.8, 4) is 0 Å². The molecule has 0 saturated carbocycles. The topological polar surface area (TPSA) is 97.4 Å². The lowest BCUT2D eigenvalue weighted by molar-refractivity contribution is -0.123. The zero-order valence-corrected chi connectivity index (χ0v) is 11.0. The maximum atomic E-state index is 11.8. The molecule has 2 unspecified atom stereocenters. The normalized spacial score (nSPS) is 13.8. The van der Waals surface area contributed by atoms with E-state index in [4.69, 9.17) is 10.2 Å². The number of primary amides is 1. The molecule has 6 nitrogen and oxygen atoms in total. The summed E-state index contributed by atoms with van der Waals surface area (Å²) in [6.45, 7) is 7.12. The number of carbonyl (C=O) groups is 2. The van der Waals surface area contributed by atoms with Gasteiger partial charge in [-0.3, -0.25) is 4.79 Å². The summed E-state index contributed by atoms with van der Waals surface area (Å²) >= 11 is 0. The van der Waals surface area contributed by atoms with E-state index in [9.17, 15) is 9.59 Å². The molecule has 3 amide bonds. The highest BCUT2D eigenvalue weighted by atomic mass is 16.3. The van der Waals surface area contributed by atoms with Crippen LogP contribution in [0.4, 0.5) is 4.79 Å². The Morgan fingerprint density at radius 3 is 2.33 bits per heavy atom. The zero-order valence-electron chi connectivity index (χ0n) is 11.0. The van der Waals surface area contributed by atoms with E-state index in [0.29, 0.717) is 0 Å². The molecule has 0 bridgehead atoms. The van der Waals surface area contributed by atoms with Crippen molar-refractivity contribution in [1.82, 2.24) is 10.6 Å². The van der Waals surface area contributed by atoms with Gasteiger partial charge in [-0.25, -0.2) is 4.79 Å². The number of aryl methyl sites for hydroxylation is 2. The summed E-state index contributed by atoms with van der Waals surface area (Å²) in [7, 11) is 0. The summed E-state index contributed by atoms with van der Waals surface area (Å²) in [6, 6.07) is 0.304. The van der Waals surface area contributed by atoms with Crippen molar-refractivity contribution in [2.45, 2.75) is 39.8 Å². The van der Waals surface area contributed by atoms with Gasteiger partial charge < -0.3 is 20.8 Å². The Kier molecular flexibility index (Phi) is 4.36. The quantitative estimate of drug-likeness (QED) is 0.750. The van der Waals surface area contributed by atoms with Crippen LogP contribution in [0.1, 0.15) is 37.0 Å². The average Bonchev–Trinajstić information content (AvgIpc) is 2.56.